The molecule has 2 amide bonds. The molecule has 2 N–H and O–H groups in total. The molecule has 1 heterocycles. The van der Waals surface area contributed by atoms with E-state index in [1.54, 1.807) is 48.5 Å². The van der Waals surface area contributed by atoms with Gasteiger partial charge in [0.25, 0.3) is 0 Å². The molecule has 7 heteroatoms. The van der Waals surface area contributed by atoms with Crippen LogP contribution in [0.4, 0.5) is 5.69 Å². The Labute approximate surface area is 163 Å². The summed E-state index contributed by atoms with van der Waals surface area (Å²) in [5.74, 6) is 1.25. The van der Waals surface area contributed by atoms with Crippen LogP contribution in [0.15, 0.2) is 48.5 Å². The largest absolute Gasteiger partial charge is 0.457 e. The lowest BCUT2D eigenvalue weighted by Gasteiger charge is -2.16. The number of nitrogens with one attached hydrogen (secondary N) is 2. The monoisotopic (exact) mass is 387 g/mol. The molecule has 0 bridgehead atoms. The smallest absolute Gasteiger partial charge is 0.238 e. The number of ether oxygens (including phenoxy) is 1. The van der Waals surface area contributed by atoms with Crippen molar-refractivity contribution in [3.8, 4) is 11.5 Å². The predicted octanol–water partition coefficient (Wildman–Crippen LogP) is 3.28. The molecule has 1 fully saturated rings. The van der Waals surface area contributed by atoms with Gasteiger partial charge in [0.05, 0.1) is 6.54 Å². The third-order valence-corrected chi connectivity index (χ3v) is 4.49. The lowest BCUT2D eigenvalue weighted by Crippen LogP contribution is -2.37. The van der Waals surface area contributed by atoms with Crippen LogP contribution in [-0.4, -0.2) is 42.4 Å². The van der Waals surface area contributed by atoms with E-state index in [9.17, 15) is 9.59 Å². The van der Waals surface area contributed by atoms with Crippen LogP contribution in [0.1, 0.15) is 13.3 Å². The van der Waals surface area contributed by atoms with Crippen molar-refractivity contribution in [3.05, 3.63) is 53.6 Å². The third kappa shape index (κ3) is 5.98. The number of hydrogen-bond acceptors (Lipinski definition) is 4. The first-order valence-electron chi connectivity index (χ1n) is 8.81. The topological polar surface area (TPSA) is 70.7 Å². The van der Waals surface area contributed by atoms with Crippen molar-refractivity contribution < 1.29 is 14.3 Å². The Kier molecular flexibility index (Phi) is 6.32. The number of halogens is 1. The third-order valence-electron chi connectivity index (χ3n) is 4.23. The molecule has 0 aromatic heterocycles. The van der Waals surface area contributed by atoms with Crippen LogP contribution in [0.25, 0.3) is 0 Å². The summed E-state index contributed by atoms with van der Waals surface area (Å²) in [5.41, 5.74) is 0.709. The molecule has 2 aromatic carbocycles. The highest BCUT2D eigenvalue weighted by Gasteiger charge is 2.24. The van der Waals surface area contributed by atoms with E-state index in [2.05, 4.69) is 10.6 Å². The lowest BCUT2D eigenvalue weighted by atomic mass is 10.2. The Morgan fingerprint density at radius 1 is 1.11 bits per heavy atom. The van der Waals surface area contributed by atoms with Gasteiger partial charge in [-0.15, -0.1) is 0 Å². The predicted molar refractivity (Wildman–Crippen MR) is 105 cm³/mol. The summed E-state index contributed by atoms with van der Waals surface area (Å²) in [6.45, 7) is 3.31. The maximum Gasteiger partial charge on any atom is 0.238 e. The lowest BCUT2D eigenvalue weighted by molar-refractivity contribution is -0.119. The van der Waals surface area contributed by atoms with Gasteiger partial charge in [0, 0.05) is 36.8 Å². The molecule has 1 aliphatic rings. The van der Waals surface area contributed by atoms with E-state index in [1.165, 1.54) is 6.92 Å². The molecule has 0 spiro atoms. The summed E-state index contributed by atoms with van der Waals surface area (Å²) < 4.78 is 5.73. The first kappa shape index (κ1) is 19.2. The summed E-state index contributed by atoms with van der Waals surface area (Å²) in [4.78, 5) is 25.4. The van der Waals surface area contributed by atoms with Crippen molar-refractivity contribution in [3.63, 3.8) is 0 Å². The SMILES string of the molecule is CC(=O)N[C@H]1CCN(CC(=O)Nc2ccc(Oc3ccc(Cl)cc3)cc2)C1. The minimum absolute atomic E-state index is 0.0350. The minimum Gasteiger partial charge on any atom is -0.457 e. The Morgan fingerprint density at radius 3 is 2.37 bits per heavy atom. The molecule has 1 saturated heterocycles. The van der Waals surface area contributed by atoms with Gasteiger partial charge in [0.1, 0.15) is 11.5 Å². The van der Waals surface area contributed by atoms with E-state index in [4.69, 9.17) is 16.3 Å². The average molecular weight is 388 g/mol. The molecule has 27 heavy (non-hydrogen) atoms. The van der Waals surface area contributed by atoms with Crippen LogP contribution in [-0.2, 0) is 9.59 Å². The number of rotatable bonds is 6. The molecule has 0 aliphatic carbocycles. The van der Waals surface area contributed by atoms with Crippen LogP contribution < -0.4 is 15.4 Å². The van der Waals surface area contributed by atoms with Crippen molar-refractivity contribution in [2.24, 2.45) is 0 Å². The van der Waals surface area contributed by atoms with Gasteiger partial charge < -0.3 is 15.4 Å². The van der Waals surface area contributed by atoms with E-state index < -0.39 is 0 Å². The zero-order valence-electron chi connectivity index (χ0n) is 15.1. The van der Waals surface area contributed by atoms with Gasteiger partial charge in [0.15, 0.2) is 0 Å². The average Bonchev–Trinajstić information content (AvgIpc) is 3.04. The van der Waals surface area contributed by atoms with Gasteiger partial charge >= 0.3 is 0 Å². The van der Waals surface area contributed by atoms with Gasteiger partial charge in [-0.25, -0.2) is 0 Å². The van der Waals surface area contributed by atoms with Crippen LogP contribution in [0.3, 0.4) is 0 Å². The molecule has 0 unspecified atom stereocenters. The number of anilines is 1. The fourth-order valence-electron chi connectivity index (χ4n) is 3.03. The van der Waals surface area contributed by atoms with Crippen molar-refractivity contribution in [1.29, 1.82) is 0 Å². The Hall–Kier alpha value is -2.57. The fraction of sp³-hybridized carbons (Fsp3) is 0.300. The molecular weight excluding hydrogens is 366 g/mol. The highest BCUT2D eigenvalue weighted by molar-refractivity contribution is 6.30. The maximum atomic E-state index is 12.2. The number of benzene rings is 2. The second-order valence-corrected chi connectivity index (χ2v) is 6.99. The number of likely N-dealkylation sites (tertiary alicyclic amines) is 1. The Balaban J connectivity index is 1.47. The van der Waals surface area contributed by atoms with Gasteiger partial charge in [-0.1, -0.05) is 11.6 Å². The van der Waals surface area contributed by atoms with Gasteiger partial charge in [-0.05, 0) is 55.0 Å². The Morgan fingerprint density at radius 2 is 1.74 bits per heavy atom. The number of amides is 2. The van der Waals surface area contributed by atoms with Crippen LogP contribution in [0.2, 0.25) is 5.02 Å². The maximum absolute atomic E-state index is 12.2. The standard InChI is InChI=1S/C20H22ClN3O3/c1-14(25)22-17-10-11-24(12-17)13-20(26)23-16-4-8-19(9-5-16)27-18-6-2-15(21)3-7-18/h2-9,17H,10-13H2,1H3,(H,22,25)(H,23,26)/t17-/m0/s1. The molecule has 6 nitrogen and oxygen atoms in total. The summed E-state index contributed by atoms with van der Waals surface area (Å²) in [7, 11) is 0. The van der Waals surface area contributed by atoms with Crippen LogP contribution in [0, 0.1) is 0 Å². The fourth-order valence-corrected chi connectivity index (χ4v) is 3.16. The summed E-state index contributed by atoms with van der Waals surface area (Å²) >= 11 is 5.86. The molecule has 1 aliphatic heterocycles. The minimum atomic E-state index is -0.0788. The van der Waals surface area contributed by atoms with Gasteiger partial charge in [-0.3, -0.25) is 14.5 Å². The van der Waals surface area contributed by atoms with E-state index in [-0.39, 0.29) is 17.9 Å². The molecule has 2 aromatic rings. The van der Waals surface area contributed by atoms with E-state index >= 15 is 0 Å². The number of carbonyl (C=O) groups excluding carboxylic acids is 2. The second-order valence-electron chi connectivity index (χ2n) is 6.55. The number of hydrogen-bond donors (Lipinski definition) is 2. The van der Waals surface area contributed by atoms with Crippen molar-refractivity contribution >= 4 is 29.1 Å². The van der Waals surface area contributed by atoms with E-state index in [1.807, 2.05) is 4.90 Å². The molecule has 0 saturated carbocycles. The number of nitrogens with zero attached hydrogens (tertiary/aromatic N) is 1. The summed E-state index contributed by atoms with van der Waals surface area (Å²) in [6, 6.07) is 14.4. The van der Waals surface area contributed by atoms with Gasteiger partial charge in [-0.2, -0.15) is 0 Å². The zero-order valence-corrected chi connectivity index (χ0v) is 15.8. The first-order valence-corrected chi connectivity index (χ1v) is 9.18. The molecular formula is C20H22ClN3O3. The zero-order chi connectivity index (χ0) is 19.2. The highest BCUT2D eigenvalue weighted by Crippen LogP contribution is 2.24. The quantitative estimate of drug-likeness (QED) is 0.798. The normalized spacial score (nSPS) is 16.7. The van der Waals surface area contributed by atoms with E-state index in [0.717, 1.165) is 13.0 Å². The van der Waals surface area contributed by atoms with E-state index in [0.29, 0.717) is 35.3 Å². The first-order chi connectivity index (χ1) is 13.0. The second kappa shape index (κ2) is 8.88. The molecule has 0 radical (unpaired) electrons. The molecule has 1 atom stereocenters. The molecule has 3 rings (SSSR count). The van der Waals surface area contributed by atoms with Crippen LogP contribution in [0.5, 0.6) is 11.5 Å². The Bertz CT molecular complexity index is 793. The van der Waals surface area contributed by atoms with Gasteiger partial charge in [0.2, 0.25) is 11.8 Å². The van der Waals surface area contributed by atoms with Crippen molar-refractivity contribution in [2.45, 2.75) is 19.4 Å². The summed E-state index contributed by atoms with van der Waals surface area (Å²) in [6.07, 6.45) is 0.865. The summed E-state index contributed by atoms with van der Waals surface area (Å²) in [5, 5.41) is 6.43. The highest BCUT2D eigenvalue weighted by atomic mass is 35.5. The van der Waals surface area contributed by atoms with Crippen LogP contribution >= 0.6 is 11.6 Å². The number of carbonyl (C=O) groups is 2. The molecule has 142 valence electrons. The van der Waals surface area contributed by atoms with Crippen molar-refractivity contribution in [1.82, 2.24) is 10.2 Å². The van der Waals surface area contributed by atoms with Crippen molar-refractivity contribution in [2.75, 3.05) is 25.0 Å².